The Labute approximate surface area is 127 Å². The minimum Gasteiger partial charge on any atom is -0.388 e. The fourth-order valence-corrected chi connectivity index (χ4v) is 2.65. The van der Waals surface area contributed by atoms with Crippen LogP contribution in [-0.2, 0) is 11.3 Å². The molecule has 0 saturated carbocycles. The highest BCUT2D eigenvalue weighted by Gasteiger charge is 2.31. The van der Waals surface area contributed by atoms with Gasteiger partial charge in [-0.1, -0.05) is 19.9 Å². The highest BCUT2D eigenvalue weighted by Crippen LogP contribution is 2.24. The normalized spacial score (nSPS) is 18.0. The fraction of sp³-hybridized carbons (Fsp3) is 0.688. The van der Waals surface area contributed by atoms with Gasteiger partial charge in [-0.05, 0) is 6.07 Å². The Bertz CT molecular complexity index is 445. The second-order valence-corrected chi connectivity index (χ2v) is 6.21. The van der Waals surface area contributed by atoms with Crippen LogP contribution in [-0.4, -0.2) is 48.5 Å². The van der Waals surface area contributed by atoms with Crippen molar-refractivity contribution in [1.29, 1.82) is 0 Å². The first-order valence-corrected chi connectivity index (χ1v) is 7.69. The number of anilines is 1. The summed E-state index contributed by atoms with van der Waals surface area (Å²) in [5, 5.41) is 14.1. The molecule has 1 fully saturated rings. The molecule has 21 heavy (non-hydrogen) atoms. The van der Waals surface area contributed by atoms with Gasteiger partial charge in [0, 0.05) is 64.0 Å². The summed E-state index contributed by atoms with van der Waals surface area (Å²) in [6.45, 7) is 6.90. The van der Waals surface area contributed by atoms with Crippen LogP contribution in [0.25, 0.3) is 0 Å². The summed E-state index contributed by atoms with van der Waals surface area (Å²) < 4.78 is 5.34. The van der Waals surface area contributed by atoms with Gasteiger partial charge in [-0.3, -0.25) is 0 Å². The van der Waals surface area contributed by atoms with E-state index in [-0.39, 0.29) is 0 Å². The van der Waals surface area contributed by atoms with Crippen LogP contribution < -0.4 is 10.2 Å². The first kappa shape index (κ1) is 16.2. The first-order chi connectivity index (χ1) is 10.0. The molecular formula is C16H27N3O2. The summed E-state index contributed by atoms with van der Waals surface area (Å²) in [6.07, 6.45) is 3.17. The number of nitrogens with zero attached hydrogens (tertiary/aromatic N) is 2. The molecule has 118 valence electrons. The van der Waals surface area contributed by atoms with Gasteiger partial charge in [0.25, 0.3) is 0 Å². The number of likely N-dealkylation sites (N-methyl/N-ethyl adjacent to an activating group) is 1. The van der Waals surface area contributed by atoms with Crippen molar-refractivity contribution < 1.29 is 9.84 Å². The van der Waals surface area contributed by atoms with Crippen LogP contribution in [0.5, 0.6) is 0 Å². The van der Waals surface area contributed by atoms with Crippen LogP contribution in [0, 0.1) is 0 Å². The van der Waals surface area contributed by atoms with Gasteiger partial charge in [-0.25, -0.2) is 4.98 Å². The monoisotopic (exact) mass is 293 g/mol. The molecule has 5 heteroatoms. The highest BCUT2D eigenvalue weighted by atomic mass is 16.5. The second kappa shape index (κ2) is 7.20. The Balaban J connectivity index is 2.05. The second-order valence-electron chi connectivity index (χ2n) is 6.21. The third-order valence-corrected chi connectivity index (χ3v) is 3.88. The molecule has 1 aromatic rings. The SMILES string of the molecule is CC(C)NCc1cccnc1N(C)CC1(O)CCOCC1. The average molecular weight is 293 g/mol. The van der Waals surface area contributed by atoms with Crippen molar-refractivity contribution in [1.82, 2.24) is 10.3 Å². The van der Waals surface area contributed by atoms with E-state index < -0.39 is 5.60 Å². The number of pyridine rings is 1. The molecule has 0 spiro atoms. The van der Waals surface area contributed by atoms with Crippen molar-refractivity contribution in [2.24, 2.45) is 0 Å². The molecule has 0 radical (unpaired) electrons. The highest BCUT2D eigenvalue weighted by molar-refractivity contribution is 5.46. The van der Waals surface area contributed by atoms with E-state index in [1.165, 1.54) is 0 Å². The van der Waals surface area contributed by atoms with Gasteiger partial charge in [0.15, 0.2) is 0 Å². The molecule has 2 heterocycles. The Hall–Kier alpha value is -1.17. The van der Waals surface area contributed by atoms with Gasteiger partial charge in [-0.2, -0.15) is 0 Å². The first-order valence-electron chi connectivity index (χ1n) is 7.69. The van der Waals surface area contributed by atoms with Crippen LogP contribution in [0.2, 0.25) is 0 Å². The van der Waals surface area contributed by atoms with E-state index in [1.807, 2.05) is 13.1 Å². The van der Waals surface area contributed by atoms with E-state index in [0.29, 0.717) is 38.6 Å². The predicted molar refractivity (Wildman–Crippen MR) is 84.5 cm³/mol. The van der Waals surface area contributed by atoms with Crippen LogP contribution in [0.3, 0.4) is 0 Å². The van der Waals surface area contributed by atoms with Gasteiger partial charge < -0.3 is 20.1 Å². The molecule has 1 aliphatic heterocycles. The van der Waals surface area contributed by atoms with E-state index in [4.69, 9.17) is 4.74 Å². The third kappa shape index (κ3) is 4.66. The Morgan fingerprint density at radius 3 is 2.81 bits per heavy atom. The predicted octanol–water partition coefficient (Wildman–Crippen LogP) is 1.56. The smallest absolute Gasteiger partial charge is 0.132 e. The minimum absolute atomic E-state index is 0.433. The van der Waals surface area contributed by atoms with Gasteiger partial charge in [-0.15, -0.1) is 0 Å². The molecule has 1 saturated heterocycles. The molecular weight excluding hydrogens is 266 g/mol. The molecule has 0 aliphatic carbocycles. The van der Waals surface area contributed by atoms with E-state index in [0.717, 1.165) is 17.9 Å². The van der Waals surface area contributed by atoms with Crippen molar-refractivity contribution >= 4 is 5.82 Å². The zero-order valence-corrected chi connectivity index (χ0v) is 13.3. The average Bonchev–Trinajstić information content (AvgIpc) is 2.45. The number of rotatable bonds is 6. The molecule has 2 rings (SSSR count). The standard InChI is InChI=1S/C16H27N3O2/c1-13(2)18-11-14-5-4-8-17-15(14)19(3)12-16(20)6-9-21-10-7-16/h4-5,8,13,18,20H,6-7,9-12H2,1-3H3. The van der Waals surface area contributed by atoms with E-state index in [2.05, 4.69) is 35.1 Å². The summed E-state index contributed by atoms with van der Waals surface area (Å²) in [5.41, 5.74) is 0.483. The van der Waals surface area contributed by atoms with Crippen molar-refractivity contribution in [3.63, 3.8) is 0 Å². The van der Waals surface area contributed by atoms with Crippen LogP contribution >= 0.6 is 0 Å². The number of hydrogen-bond donors (Lipinski definition) is 2. The molecule has 5 nitrogen and oxygen atoms in total. The maximum absolute atomic E-state index is 10.6. The number of hydrogen-bond acceptors (Lipinski definition) is 5. The Morgan fingerprint density at radius 1 is 1.43 bits per heavy atom. The molecule has 0 amide bonds. The lowest BCUT2D eigenvalue weighted by Crippen LogP contribution is -2.46. The van der Waals surface area contributed by atoms with Gasteiger partial charge in [0.05, 0.1) is 5.60 Å². The zero-order chi connectivity index (χ0) is 15.3. The summed E-state index contributed by atoms with van der Waals surface area (Å²) in [4.78, 5) is 6.55. The lowest BCUT2D eigenvalue weighted by Gasteiger charge is -2.36. The maximum Gasteiger partial charge on any atom is 0.132 e. The summed E-state index contributed by atoms with van der Waals surface area (Å²) >= 11 is 0. The molecule has 0 aromatic carbocycles. The van der Waals surface area contributed by atoms with Gasteiger partial charge in [0.1, 0.15) is 5.82 Å². The van der Waals surface area contributed by atoms with Crippen LogP contribution in [0.1, 0.15) is 32.3 Å². The number of ether oxygens (including phenoxy) is 1. The largest absolute Gasteiger partial charge is 0.388 e. The molecule has 0 bridgehead atoms. The molecule has 1 aromatic heterocycles. The number of aromatic nitrogens is 1. The lowest BCUT2D eigenvalue weighted by atomic mass is 9.94. The van der Waals surface area contributed by atoms with E-state index >= 15 is 0 Å². The summed E-state index contributed by atoms with van der Waals surface area (Å²) in [6, 6.07) is 4.48. The third-order valence-electron chi connectivity index (χ3n) is 3.88. The minimum atomic E-state index is -0.673. The van der Waals surface area contributed by atoms with Gasteiger partial charge in [0.2, 0.25) is 0 Å². The van der Waals surface area contributed by atoms with Gasteiger partial charge >= 0.3 is 0 Å². The van der Waals surface area contributed by atoms with E-state index in [9.17, 15) is 5.11 Å². The molecule has 1 aliphatic rings. The lowest BCUT2D eigenvalue weighted by molar-refractivity contribution is -0.0573. The quantitative estimate of drug-likeness (QED) is 0.833. The van der Waals surface area contributed by atoms with Crippen molar-refractivity contribution in [3.8, 4) is 0 Å². The Kier molecular flexibility index (Phi) is 5.56. The van der Waals surface area contributed by atoms with Crippen molar-refractivity contribution in [2.45, 2.75) is 44.9 Å². The summed E-state index contributed by atoms with van der Waals surface area (Å²) in [7, 11) is 1.99. The number of aliphatic hydroxyl groups is 1. The molecule has 0 unspecified atom stereocenters. The van der Waals surface area contributed by atoms with Crippen molar-refractivity contribution in [3.05, 3.63) is 23.9 Å². The van der Waals surface area contributed by atoms with Crippen LogP contribution in [0.4, 0.5) is 5.82 Å². The Morgan fingerprint density at radius 2 is 2.14 bits per heavy atom. The maximum atomic E-state index is 10.6. The number of nitrogens with one attached hydrogen (secondary N) is 1. The van der Waals surface area contributed by atoms with Crippen LogP contribution in [0.15, 0.2) is 18.3 Å². The van der Waals surface area contributed by atoms with Crippen molar-refractivity contribution in [2.75, 3.05) is 31.7 Å². The fourth-order valence-electron chi connectivity index (χ4n) is 2.65. The molecule has 0 atom stereocenters. The summed E-state index contributed by atoms with van der Waals surface area (Å²) in [5.74, 6) is 0.936. The molecule has 2 N–H and O–H groups in total. The van der Waals surface area contributed by atoms with E-state index in [1.54, 1.807) is 6.20 Å². The zero-order valence-electron chi connectivity index (χ0n) is 13.3. The topological polar surface area (TPSA) is 57.6 Å².